The van der Waals surface area contributed by atoms with Gasteiger partial charge in [-0.05, 0) is 55.0 Å². The van der Waals surface area contributed by atoms with E-state index in [-0.39, 0.29) is 29.2 Å². The molecule has 1 N–H and O–H groups in total. The summed E-state index contributed by atoms with van der Waals surface area (Å²) in [6.07, 6.45) is 2.82. The third-order valence-electron chi connectivity index (χ3n) is 6.07. The minimum absolute atomic E-state index is 0.0387. The summed E-state index contributed by atoms with van der Waals surface area (Å²) in [7, 11) is 3.95. The molecule has 2 amide bonds. The molecule has 2 aliphatic heterocycles. The molecule has 31 heavy (non-hydrogen) atoms. The van der Waals surface area contributed by atoms with E-state index in [0.29, 0.717) is 36.6 Å². The Labute approximate surface area is 186 Å². The molecule has 1 aromatic carbocycles. The van der Waals surface area contributed by atoms with E-state index >= 15 is 0 Å². The van der Waals surface area contributed by atoms with E-state index in [1.807, 2.05) is 60.5 Å². The van der Waals surface area contributed by atoms with Crippen molar-refractivity contribution in [3.05, 3.63) is 58.0 Å². The maximum atomic E-state index is 13.1. The summed E-state index contributed by atoms with van der Waals surface area (Å²) in [5.41, 5.74) is 2.87. The smallest absolute Gasteiger partial charge is 0.274 e. The molecule has 0 unspecified atom stereocenters. The van der Waals surface area contributed by atoms with Crippen LogP contribution < -0.4 is 15.8 Å². The van der Waals surface area contributed by atoms with Crippen LogP contribution in [0.3, 0.4) is 0 Å². The van der Waals surface area contributed by atoms with E-state index in [2.05, 4.69) is 5.32 Å². The Bertz CT molecular complexity index is 1050. The molecule has 8 heteroatoms. The predicted molar refractivity (Wildman–Crippen MR) is 125 cm³/mol. The lowest BCUT2D eigenvalue weighted by Crippen LogP contribution is -2.49. The number of anilines is 2. The minimum Gasteiger partial charge on any atom is -0.378 e. The molecule has 0 radical (unpaired) electrons. The van der Waals surface area contributed by atoms with Crippen molar-refractivity contribution in [1.29, 1.82) is 0 Å². The number of nitrogens with zero attached hydrogens (tertiary/aromatic N) is 3. The maximum Gasteiger partial charge on any atom is 0.274 e. The van der Waals surface area contributed by atoms with Crippen LogP contribution >= 0.6 is 11.8 Å². The molecule has 7 nitrogen and oxygen atoms in total. The number of carbonyl (C=O) groups excluding carboxylic acids is 2. The number of amides is 2. The van der Waals surface area contributed by atoms with Crippen LogP contribution in [0.2, 0.25) is 0 Å². The number of fused-ring (bicyclic) bond motifs is 4. The molecule has 1 aromatic heterocycles. The van der Waals surface area contributed by atoms with Crippen molar-refractivity contribution in [1.82, 2.24) is 9.47 Å². The fraction of sp³-hybridized carbons (Fsp3) is 0.435. The summed E-state index contributed by atoms with van der Waals surface area (Å²) >= 11 is 1.42. The van der Waals surface area contributed by atoms with Gasteiger partial charge in [0, 0.05) is 56.6 Å². The molecular weight excluding hydrogens is 412 g/mol. The molecule has 1 saturated heterocycles. The number of likely N-dealkylation sites (tertiary alicyclic amines) is 1. The lowest BCUT2D eigenvalue weighted by molar-refractivity contribution is -0.113. The van der Waals surface area contributed by atoms with Gasteiger partial charge in [0.2, 0.25) is 5.91 Å². The molecular formula is C23H28N4O3S. The van der Waals surface area contributed by atoms with Crippen LogP contribution in [0.25, 0.3) is 0 Å². The van der Waals surface area contributed by atoms with Crippen LogP contribution in [0.4, 0.5) is 11.4 Å². The van der Waals surface area contributed by atoms with Crippen molar-refractivity contribution in [2.24, 2.45) is 5.92 Å². The Morgan fingerprint density at radius 3 is 2.52 bits per heavy atom. The molecule has 2 aliphatic rings. The first-order chi connectivity index (χ1) is 14.9. The van der Waals surface area contributed by atoms with E-state index in [0.717, 1.165) is 17.8 Å². The number of rotatable bonds is 5. The van der Waals surface area contributed by atoms with Crippen molar-refractivity contribution < 1.29 is 9.59 Å². The Morgan fingerprint density at radius 2 is 1.84 bits per heavy atom. The van der Waals surface area contributed by atoms with Crippen molar-refractivity contribution in [3.63, 3.8) is 0 Å². The van der Waals surface area contributed by atoms with Gasteiger partial charge in [0.05, 0.1) is 5.75 Å². The number of thioether (sulfide) groups is 1. The highest BCUT2D eigenvalue weighted by Crippen LogP contribution is 2.36. The Hall–Kier alpha value is -2.74. The van der Waals surface area contributed by atoms with Crippen LogP contribution in [0, 0.1) is 5.92 Å². The van der Waals surface area contributed by atoms with Gasteiger partial charge in [-0.3, -0.25) is 14.4 Å². The number of benzene rings is 1. The SMILES string of the molecule is CSCC(=O)Nc1ccc2n(c1=O)C[C@H]1C[C@@H]2CN(C(=O)c2ccc(N(C)C)cc2)C1. The third kappa shape index (κ3) is 4.35. The highest BCUT2D eigenvalue weighted by atomic mass is 32.2. The van der Waals surface area contributed by atoms with Gasteiger partial charge in [-0.15, -0.1) is 0 Å². The van der Waals surface area contributed by atoms with Crippen LogP contribution in [0.1, 0.15) is 28.4 Å². The molecule has 0 saturated carbocycles. The fourth-order valence-electron chi connectivity index (χ4n) is 4.61. The van der Waals surface area contributed by atoms with E-state index in [1.54, 1.807) is 10.6 Å². The quantitative estimate of drug-likeness (QED) is 0.773. The van der Waals surface area contributed by atoms with Gasteiger partial charge in [0.25, 0.3) is 11.5 Å². The molecule has 4 rings (SSSR count). The lowest BCUT2D eigenvalue weighted by atomic mass is 9.83. The molecule has 3 heterocycles. The van der Waals surface area contributed by atoms with Crippen molar-refractivity contribution in [3.8, 4) is 0 Å². The highest BCUT2D eigenvalue weighted by Gasteiger charge is 2.37. The van der Waals surface area contributed by atoms with Gasteiger partial charge in [-0.25, -0.2) is 0 Å². The van der Waals surface area contributed by atoms with Crippen molar-refractivity contribution in [2.75, 3.05) is 49.4 Å². The van der Waals surface area contributed by atoms with Gasteiger partial charge in [-0.2, -0.15) is 11.8 Å². The zero-order valence-corrected chi connectivity index (χ0v) is 18.9. The number of piperidine rings is 1. The number of hydrogen-bond acceptors (Lipinski definition) is 5. The average Bonchev–Trinajstić information content (AvgIpc) is 2.75. The highest BCUT2D eigenvalue weighted by molar-refractivity contribution is 7.99. The monoisotopic (exact) mass is 440 g/mol. The van der Waals surface area contributed by atoms with Crippen molar-refractivity contribution in [2.45, 2.75) is 18.9 Å². The first kappa shape index (κ1) is 21.5. The first-order valence-electron chi connectivity index (χ1n) is 10.5. The Morgan fingerprint density at radius 1 is 1.10 bits per heavy atom. The predicted octanol–water partition coefficient (Wildman–Crippen LogP) is 2.48. The largest absolute Gasteiger partial charge is 0.378 e. The second-order valence-corrected chi connectivity index (χ2v) is 9.38. The third-order valence-corrected chi connectivity index (χ3v) is 6.62. The van der Waals surface area contributed by atoms with Crippen LogP contribution in [-0.2, 0) is 11.3 Å². The van der Waals surface area contributed by atoms with Crippen LogP contribution in [0.15, 0.2) is 41.2 Å². The van der Waals surface area contributed by atoms with Gasteiger partial charge < -0.3 is 19.7 Å². The number of pyridine rings is 1. The summed E-state index contributed by atoms with van der Waals surface area (Å²) in [5.74, 6) is 0.543. The molecule has 2 atom stereocenters. The molecule has 0 spiro atoms. The summed E-state index contributed by atoms with van der Waals surface area (Å²) in [6.45, 7) is 1.81. The second kappa shape index (κ2) is 8.78. The minimum atomic E-state index is -0.168. The summed E-state index contributed by atoms with van der Waals surface area (Å²) in [6, 6.07) is 11.3. The topological polar surface area (TPSA) is 74.6 Å². The molecule has 0 aliphatic carbocycles. The number of carbonyl (C=O) groups is 2. The molecule has 2 aromatic rings. The number of aromatic nitrogens is 1. The Kier molecular flexibility index (Phi) is 6.09. The van der Waals surface area contributed by atoms with E-state index in [9.17, 15) is 14.4 Å². The van der Waals surface area contributed by atoms with E-state index in [4.69, 9.17) is 0 Å². The van der Waals surface area contributed by atoms with E-state index < -0.39 is 0 Å². The molecule has 164 valence electrons. The maximum absolute atomic E-state index is 13.1. The molecule has 2 bridgehead atoms. The van der Waals surface area contributed by atoms with Crippen LogP contribution in [-0.4, -0.2) is 60.5 Å². The zero-order chi connectivity index (χ0) is 22.1. The van der Waals surface area contributed by atoms with Crippen molar-refractivity contribution >= 4 is 35.0 Å². The standard InChI is InChI=1S/C23H28N4O3S/c1-25(2)18-6-4-16(5-7-18)22(29)26-11-15-10-17(13-26)20-9-8-19(23(30)27(20)12-15)24-21(28)14-31-3/h4-9,15,17H,10-14H2,1-3H3,(H,24,28)/t15-,17+/m0/s1. The van der Waals surface area contributed by atoms with E-state index in [1.165, 1.54) is 11.8 Å². The first-order valence-corrected chi connectivity index (χ1v) is 11.9. The second-order valence-electron chi connectivity index (χ2n) is 8.52. The lowest BCUT2D eigenvalue weighted by Gasteiger charge is -2.43. The van der Waals surface area contributed by atoms with Gasteiger partial charge in [-0.1, -0.05) is 0 Å². The normalized spacial score (nSPS) is 19.5. The Balaban J connectivity index is 1.53. The average molecular weight is 441 g/mol. The summed E-state index contributed by atoms with van der Waals surface area (Å²) in [5, 5.41) is 2.73. The number of nitrogens with one attached hydrogen (secondary N) is 1. The van der Waals surface area contributed by atoms with Gasteiger partial charge in [0.1, 0.15) is 5.69 Å². The van der Waals surface area contributed by atoms with Gasteiger partial charge in [0.15, 0.2) is 0 Å². The van der Waals surface area contributed by atoms with Crippen LogP contribution in [0.5, 0.6) is 0 Å². The summed E-state index contributed by atoms with van der Waals surface area (Å²) < 4.78 is 1.79. The zero-order valence-electron chi connectivity index (χ0n) is 18.1. The van der Waals surface area contributed by atoms with Gasteiger partial charge >= 0.3 is 0 Å². The fourth-order valence-corrected chi connectivity index (χ4v) is 4.94. The number of hydrogen-bond donors (Lipinski definition) is 1. The summed E-state index contributed by atoms with van der Waals surface area (Å²) in [4.78, 5) is 41.9. The molecule has 1 fully saturated rings.